The molecule has 0 bridgehead atoms. The summed E-state index contributed by atoms with van der Waals surface area (Å²) in [5.74, 6) is 1.11. The minimum Gasteiger partial charge on any atom is -0.380 e. The maximum absolute atomic E-state index is 6.05. The van der Waals surface area contributed by atoms with Gasteiger partial charge in [0.15, 0.2) is 11.6 Å². The first kappa shape index (κ1) is 14.6. The van der Waals surface area contributed by atoms with Gasteiger partial charge in [-0.3, -0.25) is 0 Å². The van der Waals surface area contributed by atoms with Crippen LogP contribution in [0, 0.1) is 10.5 Å². The third-order valence-electron chi connectivity index (χ3n) is 3.31. The van der Waals surface area contributed by atoms with E-state index in [2.05, 4.69) is 56.7 Å². The molecular weight excluding hydrogens is 443 g/mol. The number of aromatic nitrogens is 1. The van der Waals surface area contributed by atoms with E-state index in [1.54, 1.807) is 0 Å². The highest BCUT2D eigenvalue weighted by molar-refractivity contribution is 14.1. The molecule has 21 heavy (non-hydrogen) atoms. The maximum atomic E-state index is 6.05. The van der Waals surface area contributed by atoms with Crippen LogP contribution < -0.4 is 5.73 Å². The number of halogens is 2. The number of benzene rings is 2. The zero-order valence-corrected chi connectivity index (χ0v) is 15.0. The second-order valence-corrected chi connectivity index (χ2v) is 6.79. The third kappa shape index (κ3) is 2.72. The summed E-state index contributed by atoms with van der Waals surface area (Å²) in [6.45, 7) is 2.05. The summed E-state index contributed by atoms with van der Waals surface area (Å²) in [5, 5.41) is 3.97. The van der Waals surface area contributed by atoms with Crippen molar-refractivity contribution in [3.05, 3.63) is 56.1 Å². The van der Waals surface area contributed by atoms with Gasteiger partial charge in [0, 0.05) is 13.6 Å². The summed E-state index contributed by atoms with van der Waals surface area (Å²) >= 11 is 5.78. The standard InChI is InChI=1S/C16H12BrIN2O/c1-9-4-2-3-5-11(9)14-15(21-20-16(14)19)12-8-10(17)6-7-13(12)18/h2-8H,1H3,(H2,19,20). The number of nitrogens with zero attached hydrogens (tertiary/aromatic N) is 1. The first-order valence-electron chi connectivity index (χ1n) is 6.34. The van der Waals surface area contributed by atoms with Gasteiger partial charge >= 0.3 is 0 Å². The van der Waals surface area contributed by atoms with E-state index in [-0.39, 0.29) is 0 Å². The minimum absolute atomic E-state index is 0.412. The van der Waals surface area contributed by atoms with Crippen LogP contribution in [0.5, 0.6) is 0 Å². The van der Waals surface area contributed by atoms with Crippen LogP contribution in [0.25, 0.3) is 22.5 Å². The Balaban J connectivity index is 2.27. The number of nitrogens with two attached hydrogens (primary N) is 1. The van der Waals surface area contributed by atoms with Gasteiger partial charge in [-0.25, -0.2) is 0 Å². The van der Waals surface area contributed by atoms with E-state index in [4.69, 9.17) is 10.3 Å². The zero-order chi connectivity index (χ0) is 15.0. The number of anilines is 1. The molecule has 1 heterocycles. The first-order valence-corrected chi connectivity index (χ1v) is 8.21. The normalized spacial score (nSPS) is 10.8. The van der Waals surface area contributed by atoms with Crippen molar-refractivity contribution in [2.45, 2.75) is 6.92 Å². The average Bonchev–Trinajstić information content (AvgIpc) is 2.84. The Kier molecular flexibility index (Phi) is 4.03. The number of nitrogen functional groups attached to an aromatic ring is 1. The van der Waals surface area contributed by atoms with E-state index >= 15 is 0 Å². The van der Waals surface area contributed by atoms with Crippen molar-refractivity contribution >= 4 is 44.3 Å². The molecule has 1 aromatic heterocycles. The molecule has 3 nitrogen and oxygen atoms in total. The molecule has 0 radical (unpaired) electrons. The highest BCUT2D eigenvalue weighted by Crippen LogP contribution is 2.40. The summed E-state index contributed by atoms with van der Waals surface area (Å²) in [6.07, 6.45) is 0. The smallest absolute Gasteiger partial charge is 0.178 e. The topological polar surface area (TPSA) is 52.0 Å². The molecule has 3 aromatic rings. The molecule has 0 unspecified atom stereocenters. The second kappa shape index (κ2) is 5.81. The van der Waals surface area contributed by atoms with Crippen molar-refractivity contribution < 1.29 is 4.52 Å². The lowest BCUT2D eigenvalue weighted by Gasteiger charge is -2.08. The molecular formula is C16H12BrIN2O. The van der Waals surface area contributed by atoms with Crippen molar-refractivity contribution in [2.75, 3.05) is 5.73 Å². The van der Waals surface area contributed by atoms with Gasteiger partial charge < -0.3 is 10.3 Å². The van der Waals surface area contributed by atoms with Gasteiger partial charge in [-0.1, -0.05) is 45.4 Å². The van der Waals surface area contributed by atoms with Crippen LogP contribution in [0.3, 0.4) is 0 Å². The first-order chi connectivity index (χ1) is 10.1. The van der Waals surface area contributed by atoms with Crippen LogP contribution in [0.2, 0.25) is 0 Å². The predicted octanol–water partition coefficient (Wildman–Crippen LogP) is 5.27. The minimum atomic E-state index is 0.412. The SMILES string of the molecule is Cc1ccccc1-c1c(N)noc1-c1cc(Br)ccc1I. The zero-order valence-electron chi connectivity index (χ0n) is 11.2. The Morgan fingerprint density at radius 1 is 1.14 bits per heavy atom. The molecule has 106 valence electrons. The molecule has 0 saturated carbocycles. The molecule has 0 atom stereocenters. The monoisotopic (exact) mass is 454 g/mol. The Morgan fingerprint density at radius 2 is 1.90 bits per heavy atom. The maximum Gasteiger partial charge on any atom is 0.178 e. The molecule has 2 N–H and O–H groups in total. The van der Waals surface area contributed by atoms with Crippen LogP contribution in [-0.2, 0) is 0 Å². The molecule has 0 aliphatic rings. The fourth-order valence-electron chi connectivity index (χ4n) is 2.27. The van der Waals surface area contributed by atoms with Gasteiger partial charge in [-0.15, -0.1) is 0 Å². The summed E-state index contributed by atoms with van der Waals surface area (Å²) in [7, 11) is 0. The van der Waals surface area contributed by atoms with Gasteiger partial charge in [0.05, 0.1) is 5.56 Å². The molecule has 0 saturated heterocycles. The quantitative estimate of drug-likeness (QED) is 0.537. The molecule has 0 aliphatic heterocycles. The van der Waals surface area contributed by atoms with Crippen molar-refractivity contribution in [1.82, 2.24) is 5.16 Å². The van der Waals surface area contributed by atoms with Crippen LogP contribution >= 0.6 is 38.5 Å². The number of hydrogen-bond donors (Lipinski definition) is 1. The number of rotatable bonds is 2. The van der Waals surface area contributed by atoms with E-state index in [1.807, 2.05) is 36.4 Å². The summed E-state index contributed by atoms with van der Waals surface area (Å²) < 4.78 is 7.60. The Labute approximate surface area is 144 Å². The van der Waals surface area contributed by atoms with Crippen molar-refractivity contribution in [1.29, 1.82) is 0 Å². The molecule has 5 heteroatoms. The fourth-order valence-corrected chi connectivity index (χ4v) is 3.21. The summed E-state index contributed by atoms with van der Waals surface area (Å²) in [4.78, 5) is 0. The summed E-state index contributed by atoms with van der Waals surface area (Å²) in [5.41, 5.74) is 10.1. The lowest BCUT2D eigenvalue weighted by Crippen LogP contribution is -1.91. The van der Waals surface area contributed by atoms with Crippen LogP contribution in [-0.4, -0.2) is 5.16 Å². The van der Waals surface area contributed by atoms with Gasteiger partial charge in [0.1, 0.15) is 0 Å². The fraction of sp³-hybridized carbons (Fsp3) is 0.0625. The van der Waals surface area contributed by atoms with E-state index in [1.165, 1.54) is 0 Å². The number of aryl methyl sites for hydroxylation is 1. The molecule has 0 fully saturated rings. The lowest BCUT2D eigenvalue weighted by molar-refractivity contribution is 0.436. The number of hydrogen-bond acceptors (Lipinski definition) is 3. The van der Waals surface area contributed by atoms with E-state index in [0.717, 1.165) is 30.3 Å². The lowest BCUT2D eigenvalue weighted by atomic mass is 9.98. The van der Waals surface area contributed by atoms with Crippen molar-refractivity contribution in [3.8, 4) is 22.5 Å². The van der Waals surface area contributed by atoms with Gasteiger partial charge in [0.25, 0.3) is 0 Å². The van der Waals surface area contributed by atoms with Crippen molar-refractivity contribution in [3.63, 3.8) is 0 Å². The van der Waals surface area contributed by atoms with E-state index in [0.29, 0.717) is 11.6 Å². The van der Waals surface area contributed by atoms with Crippen molar-refractivity contribution in [2.24, 2.45) is 0 Å². The Morgan fingerprint density at radius 3 is 2.67 bits per heavy atom. The van der Waals surface area contributed by atoms with Crippen LogP contribution in [0.4, 0.5) is 5.82 Å². The van der Waals surface area contributed by atoms with Crippen LogP contribution in [0.15, 0.2) is 51.5 Å². The van der Waals surface area contributed by atoms with E-state index in [9.17, 15) is 0 Å². The largest absolute Gasteiger partial charge is 0.380 e. The highest BCUT2D eigenvalue weighted by atomic mass is 127. The average molecular weight is 455 g/mol. The Hall–Kier alpha value is -1.34. The molecule has 2 aromatic carbocycles. The highest BCUT2D eigenvalue weighted by Gasteiger charge is 2.20. The third-order valence-corrected chi connectivity index (χ3v) is 4.74. The summed E-state index contributed by atoms with van der Waals surface area (Å²) in [6, 6.07) is 14.1. The molecule has 3 rings (SSSR count). The van der Waals surface area contributed by atoms with Gasteiger partial charge in [0.2, 0.25) is 0 Å². The Bertz CT molecular complexity index is 814. The molecule has 0 aliphatic carbocycles. The van der Waals surface area contributed by atoms with Gasteiger partial charge in [-0.2, -0.15) is 0 Å². The van der Waals surface area contributed by atoms with Crippen LogP contribution in [0.1, 0.15) is 5.56 Å². The molecule has 0 amide bonds. The second-order valence-electron chi connectivity index (χ2n) is 4.71. The molecule has 0 spiro atoms. The predicted molar refractivity (Wildman–Crippen MR) is 96.9 cm³/mol. The van der Waals surface area contributed by atoms with Gasteiger partial charge in [-0.05, 0) is 58.8 Å². The van der Waals surface area contributed by atoms with E-state index < -0.39 is 0 Å².